The molecule has 0 saturated heterocycles. The van der Waals surface area contributed by atoms with Gasteiger partial charge < -0.3 is 16.0 Å². The fourth-order valence-corrected chi connectivity index (χ4v) is 3.85. The number of aliphatic imine (C=N–C) groups is 2. The average molecular weight is 374 g/mol. The first kappa shape index (κ1) is 16.8. The molecule has 4 N–H and O–H groups in total. The Hall–Kier alpha value is -2.61. The van der Waals surface area contributed by atoms with Gasteiger partial charge in [-0.2, -0.15) is 9.98 Å². The largest absolute Gasteiger partial charge is 0.369 e. The molecule has 1 aliphatic heterocycles. The van der Waals surface area contributed by atoms with Crippen LogP contribution in [0.2, 0.25) is 0 Å². The molecule has 26 heavy (non-hydrogen) atoms. The average Bonchev–Trinajstić information content (AvgIpc) is 3.11. The zero-order chi connectivity index (χ0) is 18.1. The first-order valence-electron chi connectivity index (χ1n) is 8.61. The lowest BCUT2D eigenvalue weighted by atomic mass is 9.87. The van der Waals surface area contributed by atoms with E-state index in [-0.39, 0.29) is 11.8 Å². The number of benzene rings is 1. The van der Waals surface area contributed by atoms with Gasteiger partial charge in [-0.05, 0) is 37.8 Å². The van der Waals surface area contributed by atoms with E-state index in [2.05, 4.69) is 15.1 Å². The lowest BCUT2D eigenvalue weighted by Gasteiger charge is -2.46. The Kier molecular flexibility index (Phi) is 4.28. The Bertz CT molecular complexity index is 870. The van der Waals surface area contributed by atoms with Crippen molar-refractivity contribution < 1.29 is 4.52 Å². The van der Waals surface area contributed by atoms with Crippen molar-refractivity contribution in [2.75, 3.05) is 4.90 Å². The number of aromatic nitrogens is 2. The third kappa shape index (κ3) is 2.80. The van der Waals surface area contributed by atoms with Crippen molar-refractivity contribution in [1.29, 1.82) is 0 Å². The third-order valence-corrected chi connectivity index (χ3v) is 5.05. The molecule has 2 aliphatic rings. The number of hydrogen-bond acceptors (Lipinski definition) is 8. The highest BCUT2D eigenvalue weighted by atomic mass is 35.5. The summed E-state index contributed by atoms with van der Waals surface area (Å²) in [5, 5.41) is 4.05. The highest BCUT2D eigenvalue weighted by Gasteiger charge is 2.43. The van der Waals surface area contributed by atoms with Crippen molar-refractivity contribution >= 4 is 29.2 Å². The van der Waals surface area contributed by atoms with E-state index in [9.17, 15) is 0 Å². The Balaban J connectivity index is 1.84. The van der Waals surface area contributed by atoms with E-state index in [1.807, 2.05) is 29.2 Å². The van der Waals surface area contributed by atoms with Crippen LogP contribution < -0.4 is 16.4 Å². The molecular weight excluding hydrogens is 354 g/mol. The number of alkyl halides is 1. The van der Waals surface area contributed by atoms with E-state index >= 15 is 0 Å². The number of guanidine groups is 2. The van der Waals surface area contributed by atoms with Crippen LogP contribution in [0, 0.1) is 0 Å². The summed E-state index contributed by atoms with van der Waals surface area (Å²) in [6.45, 7) is 0. The zero-order valence-electron chi connectivity index (χ0n) is 14.2. The molecule has 2 heterocycles. The SMILES string of the molecule is NC1=NC2(CCCCC2)N(c2ccccc2-c2noc(CCl)n2)C(N)=N1. The highest BCUT2D eigenvalue weighted by molar-refractivity contribution is 6.16. The molecule has 1 aromatic heterocycles. The van der Waals surface area contributed by atoms with E-state index in [1.54, 1.807) is 0 Å². The van der Waals surface area contributed by atoms with Crippen molar-refractivity contribution in [3.63, 3.8) is 0 Å². The fraction of sp³-hybridized carbons (Fsp3) is 0.412. The molecule has 0 radical (unpaired) electrons. The van der Waals surface area contributed by atoms with Gasteiger partial charge in [-0.3, -0.25) is 4.90 Å². The lowest BCUT2D eigenvalue weighted by Crippen LogP contribution is -2.58. The molecule has 9 heteroatoms. The number of rotatable bonds is 3. The molecule has 2 aromatic rings. The van der Waals surface area contributed by atoms with Gasteiger partial charge in [0.2, 0.25) is 23.6 Å². The number of hydrogen-bond donors (Lipinski definition) is 2. The van der Waals surface area contributed by atoms with E-state index < -0.39 is 5.66 Å². The molecule has 1 aliphatic carbocycles. The smallest absolute Gasteiger partial charge is 0.241 e. The minimum atomic E-state index is -0.524. The van der Waals surface area contributed by atoms with Gasteiger partial charge in [0.05, 0.1) is 5.69 Å². The van der Waals surface area contributed by atoms with Crippen LogP contribution in [0.4, 0.5) is 5.69 Å². The number of para-hydroxylation sites is 1. The van der Waals surface area contributed by atoms with Gasteiger partial charge in [0.25, 0.3) is 0 Å². The summed E-state index contributed by atoms with van der Waals surface area (Å²) in [5.74, 6) is 1.53. The van der Waals surface area contributed by atoms with Gasteiger partial charge in [-0.1, -0.05) is 23.7 Å². The normalized spacial score (nSPS) is 19.3. The van der Waals surface area contributed by atoms with Crippen molar-refractivity contribution in [3.05, 3.63) is 30.2 Å². The van der Waals surface area contributed by atoms with E-state index in [0.717, 1.165) is 36.9 Å². The van der Waals surface area contributed by atoms with Crippen LogP contribution in [0.15, 0.2) is 38.8 Å². The maximum Gasteiger partial charge on any atom is 0.241 e. The number of halogens is 1. The first-order valence-corrected chi connectivity index (χ1v) is 9.14. The molecule has 0 atom stereocenters. The van der Waals surface area contributed by atoms with Crippen LogP contribution in [0.5, 0.6) is 0 Å². The Morgan fingerprint density at radius 2 is 1.92 bits per heavy atom. The van der Waals surface area contributed by atoms with Crippen LogP contribution in [0.3, 0.4) is 0 Å². The topological polar surface area (TPSA) is 119 Å². The highest BCUT2D eigenvalue weighted by Crippen LogP contribution is 2.42. The maximum absolute atomic E-state index is 6.32. The fourth-order valence-electron chi connectivity index (χ4n) is 3.75. The second kappa shape index (κ2) is 6.60. The van der Waals surface area contributed by atoms with Crippen molar-refractivity contribution in [2.45, 2.75) is 43.6 Å². The lowest BCUT2D eigenvalue weighted by molar-refractivity contribution is 0.305. The standard InChI is InChI=1S/C17H20ClN7O/c18-10-13-21-14(24-26-13)11-6-2-3-7-12(11)25-16(20)22-15(19)23-17(25)8-4-1-5-9-17/h2-3,6-7H,1,4-5,8-10H2,(H4,19,20,22,23). The molecule has 1 fully saturated rings. The number of anilines is 1. The Morgan fingerprint density at radius 3 is 2.65 bits per heavy atom. The van der Waals surface area contributed by atoms with Gasteiger partial charge in [-0.15, -0.1) is 11.6 Å². The predicted octanol–water partition coefficient (Wildman–Crippen LogP) is 2.59. The minimum Gasteiger partial charge on any atom is -0.369 e. The van der Waals surface area contributed by atoms with E-state index in [1.165, 1.54) is 6.42 Å². The Morgan fingerprint density at radius 1 is 1.15 bits per heavy atom. The van der Waals surface area contributed by atoms with Crippen LogP contribution in [-0.2, 0) is 5.88 Å². The molecular formula is C17H20ClN7O. The van der Waals surface area contributed by atoms with Crippen LogP contribution in [0.25, 0.3) is 11.4 Å². The molecule has 1 saturated carbocycles. The van der Waals surface area contributed by atoms with Gasteiger partial charge >= 0.3 is 0 Å². The summed E-state index contributed by atoms with van der Waals surface area (Å²) in [6.07, 6.45) is 5.01. The molecule has 8 nitrogen and oxygen atoms in total. The van der Waals surface area contributed by atoms with E-state index in [0.29, 0.717) is 17.7 Å². The van der Waals surface area contributed by atoms with Gasteiger partial charge in [0, 0.05) is 5.56 Å². The monoisotopic (exact) mass is 373 g/mol. The van der Waals surface area contributed by atoms with Crippen molar-refractivity contribution in [3.8, 4) is 11.4 Å². The summed E-state index contributed by atoms with van der Waals surface area (Å²) in [4.78, 5) is 15.2. The maximum atomic E-state index is 6.32. The molecule has 0 amide bonds. The van der Waals surface area contributed by atoms with Gasteiger partial charge in [-0.25, -0.2) is 4.99 Å². The summed E-state index contributed by atoms with van der Waals surface area (Å²) >= 11 is 5.79. The van der Waals surface area contributed by atoms with Crippen LogP contribution >= 0.6 is 11.6 Å². The quantitative estimate of drug-likeness (QED) is 0.798. The molecule has 0 unspecified atom stereocenters. The molecule has 1 spiro atoms. The second-order valence-corrected chi connectivity index (χ2v) is 6.75. The molecule has 136 valence electrons. The number of nitrogens with zero attached hydrogens (tertiary/aromatic N) is 5. The number of nitrogens with two attached hydrogens (primary N) is 2. The third-order valence-electron chi connectivity index (χ3n) is 4.82. The molecule has 4 rings (SSSR count). The van der Waals surface area contributed by atoms with Gasteiger partial charge in [0.15, 0.2) is 0 Å². The van der Waals surface area contributed by atoms with E-state index in [4.69, 9.17) is 32.6 Å². The summed E-state index contributed by atoms with van der Waals surface area (Å²) in [6, 6.07) is 7.73. The van der Waals surface area contributed by atoms with Crippen LogP contribution in [0.1, 0.15) is 38.0 Å². The molecule has 0 bridgehead atoms. The second-order valence-electron chi connectivity index (χ2n) is 6.48. The minimum absolute atomic E-state index is 0.160. The van der Waals surface area contributed by atoms with Crippen LogP contribution in [-0.4, -0.2) is 27.7 Å². The van der Waals surface area contributed by atoms with Crippen molar-refractivity contribution in [2.24, 2.45) is 21.5 Å². The van der Waals surface area contributed by atoms with Crippen molar-refractivity contribution in [1.82, 2.24) is 10.1 Å². The zero-order valence-corrected chi connectivity index (χ0v) is 15.0. The summed E-state index contributed by atoms with van der Waals surface area (Å²) in [5.41, 5.74) is 13.3. The molecule has 1 aromatic carbocycles. The summed E-state index contributed by atoms with van der Waals surface area (Å²) in [7, 11) is 0. The first-order chi connectivity index (χ1) is 12.6. The Labute approximate surface area is 155 Å². The predicted molar refractivity (Wildman–Crippen MR) is 101 cm³/mol. The summed E-state index contributed by atoms with van der Waals surface area (Å²) < 4.78 is 5.17. The van der Waals surface area contributed by atoms with Gasteiger partial charge in [0.1, 0.15) is 11.5 Å².